The summed E-state index contributed by atoms with van der Waals surface area (Å²) >= 11 is 0. The van der Waals surface area contributed by atoms with E-state index < -0.39 is 17.0 Å². The summed E-state index contributed by atoms with van der Waals surface area (Å²) in [4.78, 5) is 9.44. The lowest BCUT2D eigenvalue weighted by molar-refractivity contribution is -0.115. The average molecular weight is 439 g/mol. The molecule has 0 aromatic rings. The summed E-state index contributed by atoms with van der Waals surface area (Å²) in [6, 6.07) is 0. The zero-order valence-electron chi connectivity index (χ0n) is 19.9. The quantitative estimate of drug-likeness (QED) is 0.335. The standard InChI is InChI=1S/C4H12P.C4H9.C3H9OP.C3H6O.C2H6O2S.CH4.2CH3/c1-5(2,3)4;1-4(2)3;1-5(2,3)4;1-3(2)4;1-5(2,3)4;;;/h1-4H3;1-3H3;1-3H3;1-2H3;1-2H3;1H4;2*1H3/q2*+1;;;;;2*-1. The third-order valence-electron chi connectivity index (χ3n) is 0. The summed E-state index contributed by atoms with van der Waals surface area (Å²) in [5.41, 5.74) is 0. The molecule has 0 aromatic heterocycles. The zero-order valence-corrected chi connectivity index (χ0v) is 22.5. The number of sulfone groups is 1. The van der Waals surface area contributed by atoms with Gasteiger partial charge in [-0.3, -0.25) is 0 Å². The van der Waals surface area contributed by atoms with E-state index in [0.717, 1.165) is 12.5 Å². The molecular weight excluding hydrogens is 386 g/mol. The number of Topliss-reactive ketones (excluding diaryl/α,β-unsaturated/α-hetero) is 1. The van der Waals surface area contributed by atoms with Gasteiger partial charge in [-0.15, -0.1) is 0 Å². The van der Waals surface area contributed by atoms with Crippen LogP contribution in [0.4, 0.5) is 0 Å². The van der Waals surface area contributed by atoms with Gasteiger partial charge in [0.1, 0.15) is 15.6 Å². The number of rotatable bonds is 0. The van der Waals surface area contributed by atoms with Crippen LogP contribution in [0.5, 0.6) is 0 Å². The second kappa shape index (κ2) is 25.1. The minimum Gasteiger partial charge on any atom is -0.358 e. The van der Waals surface area contributed by atoms with Crippen LogP contribution in [0.3, 0.4) is 0 Å². The Hall–Kier alpha value is 0.150. The lowest BCUT2D eigenvalue weighted by atomic mass is 10.3. The molecule has 26 heavy (non-hydrogen) atoms. The first kappa shape index (κ1) is 50.2. The zero-order chi connectivity index (χ0) is 20.7. The summed E-state index contributed by atoms with van der Waals surface area (Å²) in [7, 11) is -4.69. The van der Waals surface area contributed by atoms with Crippen molar-refractivity contribution in [2.24, 2.45) is 0 Å². The largest absolute Gasteiger partial charge is 0.358 e. The number of carbonyl (C=O) groups excluding carboxylic acids is 1. The Balaban J connectivity index is -0.0000000253. The van der Waals surface area contributed by atoms with Gasteiger partial charge in [0, 0.05) is 46.4 Å². The highest BCUT2D eigenvalue weighted by Gasteiger charge is 2.03. The van der Waals surface area contributed by atoms with Gasteiger partial charge in [-0.1, -0.05) is 7.43 Å². The van der Waals surface area contributed by atoms with E-state index in [0.29, 0.717) is 0 Å². The van der Waals surface area contributed by atoms with Gasteiger partial charge >= 0.3 is 0 Å². The smallest absolute Gasteiger partial charge is 0.144 e. The molecule has 0 radical (unpaired) electrons. The van der Waals surface area contributed by atoms with Crippen molar-refractivity contribution in [1.29, 1.82) is 0 Å². The molecule has 0 rings (SSSR count). The molecule has 0 aliphatic carbocycles. The Morgan fingerprint density at radius 1 is 0.846 bits per heavy atom. The van der Waals surface area contributed by atoms with Gasteiger partial charge in [0.25, 0.3) is 0 Å². The number of ketones is 1. The average Bonchev–Trinajstić information content (AvgIpc) is 1.85. The van der Waals surface area contributed by atoms with Crippen LogP contribution in [-0.2, 0) is 19.2 Å². The highest BCUT2D eigenvalue weighted by Crippen LogP contribution is 2.40. The molecule has 0 unspecified atom stereocenters. The van der Waals surface area contributed by atoms with E-state index in [-0.39, 0.29) is 35.3 Å². The van der Waals surface area contributed by atoms with Crippen LogP contribution < -0.4 is 0 Å². The fraction of sp³-hybridized carbons (Fsp3) is 0.789. The van der Waals surface area contributed by atoms with Crippen molar-refractivity contribution in [3.63, 3.8) is 0 Å². The van der Waals surface area contributed by atoms with Crippen molar-refractivity contribution >= 4 is 30.0 Å². The molecule has 0 spiro atoms. The normalized spacial score (nSPS) is 8.85. The summed E-state index contributed by atoms with van der Waals surface area (Å²) in [6.07, 6.45) is 2.32. The van der Waals surface area contributed by atoms with Crippen LogP contribution in [0.2, 0.25) is 0 Å². The van der Waals surface area contributed by atoms with E-state index in [9.17, 15) is 17.8 Å². The van der Waals surface area contributed by atoms with E-state index in [1.165, 1.54) is 19.8 Å². The summed E-state index contributed by atoms with van der Waals surface area (Å²) in [6.45, 7) is 23.7. The Labute approximate surface area is 170 Å². The van der Waals surface area contributed by atoms with Crippen LogP contribution in [0.25, 0.3) is 0 Å². The highest BCUT2D eigenvalue weighted by molar-refractivity contribution is 7.89. The van der Waals surface area contributed by atoms with Crippen LogP contribution in [0.15, 0.2) is 0 Å². The van der Waals surface area contributed by atoms with E-state index in [1.807, 2.05) is 0 Å². The molecule has 0 fully saturated rings. The van der Waals surface area contributed by atoms with E-state index >= 15 is 0 Å². The fourth-order valence-corrected chi connectivity index (χ4v) is 0. The maximum atomic E-state index is 10.2. The Bertz CT molecular complexity index is 375. The molecule has 168 valence electrons. The van der Waals surface area contributed by atoms with E-state index in [1.54, 1.807) is 20.0 Å². The van der Waals surface area contributed by atoms with Crippen LogP contribution in [-0.4, -0.2) is 73.4 Å². The van der Waals surface area contributed by atoms with Crippen LogP contribution in [0, 0.1) is 20.8 Å². The molecule has 0 heterocycles. The summed E-state index contributed by atoms with van der Waals surface area (Å²) in [5.74, 6) is 1.58. The highest BCUT2D eigenvalue weighted by atomic mass is 32.2. The maximum Gasteiger partial charge on any atom is 0.144 e. The minimum atomic E-state index is -2.67. The SMILES string of the molecule is C.CC(C)=O.CP(C)(C)=O.CS(C)(=O)=O.C[C+](C)C.C[P+](C)(C)C.[CH3-].[CH3-]. The predicted octanol–water partition coefficient (Wildman–Crippen LogP) is 6.18. The molecule has 0 amide bonds. The van der Waals surface area contributed by atoms with Crippen LogP contribution >= 0.6 is 14.4 Å². The van der Waals surface area contributed by atoms with E-state index in [2.05, 4.69) is 47.4 Å². The van der Waals surface area contributed by atoms with Gasteiger partial charge in [-0.05, 0) is 33.8 Å². The Kier molecular flexibility index (Phi) is 48.6. The molecular formula is C19H52O4P2S. The van der Waals surface area contributed by atoms with Crippen molar-refractivity contribution in [3.05, 3.63) is 20.8 Å². The molecule has 4 nitrogen and oxygen atoms in total. The van der Waals surface area contributed by atoms with E-state index in [4.69, 9.17) is 0 Å². The second-order valence-corrected chi connectivity index (χ2v) is 19.6. The maximum absolute atomic E-state index is 10.2. The Morgan fingerprint density at radius 3 is 0.846 bits per heavy atom. The number of hydrogen-bond acceptors (Lipinski definition) is 4. The predicted molar refractivity (Wildman–Crippen MR) is 133 cm³/mol. The van der Waals surface area contributed by atoms with Gasteiger partial charge in [0.15, 0.2) is 0 Å². The number of carbonyl (C=O) groups is 1. The summed E-state index contributed by atoms with van der Waals surface area (Å²) in [5, 5.41) is 0. The first-order valence-corrected chi connectivity index (χ1v) is 16.1. The summed E-state index contributed by atoms with van der Waals surface area (Å²) < 4.78 is 29.5. The third kappa shape index (κ3) is 575000. The molecule has 0 saturated carbocycles. The lowest BCUT2D eigenvalue weighted by Gasteiger charge is -1.97. The molecule has 0 bridgehead atoms. The molecule has 0 aromatic carbocycles. The lowest BCUT2D eigenvalue weighted by Crippen LogP contribution is -1.86. The first-order valence-electron chi connectivity index (χ1n) is 7.17. The van der Waals surface area contributed by atoms with Gasteiger partial charge in [-0.2, -0.15) is 0 Å². The van der Waals surface area contributed by atoms with Crippen molar-refractivity contribution < 1.29 is 17.8 Å². The van der Waals surface area contributed by atoms with Gasteiger partial charge in [0.2, 0.25) is 0 Å². The molecule has 0 aliphatic heterocycles. The molecule has 7 heteroatoms. The van der Waals surface area contributed by atoms with Gasteiger partial charge in [0.05, 0.1) is 33.8 Å². The first-order chi connectivity index (χ1) is 9.46. The monoisotopic (exact) mass is 438 g/mol. The second-order valence-electron chi connectivity index (χ2n) is 8.12. The minimum absolute atomic E-state index is 0. The third-order valence-corrected chi connectivity index (χ3v) is 0. The topological polar surface area (TPSA) is 68.3 Å². The number of hydrogen-bond donors (Lipinski definition) is 0. The van der Waals surface area contributed by atoms with Crippen molar-refractivity contribution in [3.8, 4) is 0 Å². The van der Waals surface area contributed by atoms with Crippen LogP contribution in [0.1, 0.15) is 42.0 Å². The molecule has 0 saturated heterocycles. The van der Waals surface area contributed by atoms with Crippen molar-refractivity contribution in [2.75, 3.05) is 59.2 Å². The molecule has 0 N–H and O–H groups in total. The van der Waals surface area contributed by atoms with Gasteiger partial charge < -0.3 is 24.2 Å². The van der Waals surface area contributed by atoms with Gasteiger partial charge in [-0.25, -0.2) is 8.42 Å². The molecule has 0 aliphatic rings. The van der Waals surface area contributed by atoms with Crippen molar-refractivity contribution in [1.82, 2.24) is 0 Å². The van der Waals surface area contributed by atoms with Crippen molar-refractivity contribution in [2.45, 2.75) is 42.0 Å². The molecule has 0 atom stereocenters. The Morgan fingerprint density at radius 2 is 0.846 bits per heavy atom. The fourth-order valence-electron chi connectivity index (χ4n) is 0.